The highest BCUT2D eigenvalue weighted by atomic mass is 32.1. The van der Waals surface area contributed by atoms with E-state index >= 15 is 0 Å². The normalized spacial score (nSPS) is 14.5. The van der Waals surface area contributed by atoms with Gasteiger partial charge in [0, 0.05) is 29.7 Å². The Morgan fingerprint density at radius 3 is 2.68 bits per heavy atom. The summed E-state index contributed by atoms with van der Waals surface area (Å²) < 4.78 is 15.8. The van der Waals surface area contributed by atoms with Crippen LogP contribution in [0.2, 0.25) is 0 Å². The van der Waals surface area contributed by atoms with E-state index in [4.69, 9.17) is 0 Å². The Kier molecular flexibility index (Phi) is 6.10. The fourth-order valence-electron chi connectivity index (χ4n) is 4.32. The topological polar surface area (TPSA) is 80.1 Å². The van der Waals surface area contributed by atoms with Crippen molar-refractivity contribution in [3.05, 3.63) is 81.6 Å². The molecule has 4 heterocycles. The van der Waals surface area contributed by atoms with Gasteiger partial charge in [0.2, 0.25) is 0 Å². The van der Waals surface area contributed by atoms with Crippen LogP contribution in [0.15, 0.2) is 54.0 Å². The van der Waals surface area contributed by atoms with Crippen LogP contribution in [0.4, 0.5) is 4.39 Å². The van der Waals surface area contributed by atoms with Crippen LogP contribution in [-0.2, 0) is 6.54 Å². The van der Waals surface area contributed by atoms with Crippen LogP contribution in [0, 0.1) is 12.7 Å². The Hall–Kier alpha value is -3.59. The summed E-state index contributed by atoms with van der Waals surface area (Å²) in [5.74, 6) is -1.00. The van der Waals surface area contributed by atoms with Crippen molar-refractivity contribution in [2.24, 2.45) is 0 Å². The lowest BCUT2D eigenvalue weighted by atomic mass is 10.0. The lowest BCUT2D eigenvalue weighted by Crippen LogP contribution is -2.46. The van der Waals surface area contributed by atoms with Crippen molar-refractivity contribution >= 4 is 34.2 Å². The molecule has 1 fully saturated rings. The molecular formula is C25H24FN5O2S. The number of benzene rings is 1. The molecule has 34 heavy (non-hydrogen) atoms. The number of rotatable bonds is 5. The predicted molar refractivity (Wildman–Crippen MR) is 128 cm³/mol. The summed E-state index contributed by atoms with van der Waals surface area (Å²) in [7, 11) is 0. The van der Waals surface area contributed by atoms with Gasteiger partial charge >= 0.3 is 0 Å². The highest BCUT2D eigenvalue weighted by Crippen LogP contribution is 2.22. The largest absolute Gasteiger partial charge is 0.349 e. The number of piperidine rings is 1. The van der Waals surface area contributed by atoms with Crippen LogP contribution in [0.3, 0.4) is 0 Å². The van der Waals surface area contributed by atoms with Gasteiger partial charge in [-0.25, -0.2) is 14.1 Å². The summed E-state index contributed by atoms with van der Waals surface area (Å²) in [6, 6.07) is 11.8. The molecule has 174 valence electrons. The van der Waals surface area contributed by atoms with Crippen molar-refractivity contribution < 1.29 is 14.0 Å². The molecule has 7 nitrogen and oxygen atoms in total. The van der Waals surface area contributed by atoms with E-state index in [-0.39, 0.29) is 23.4 Å². The first kappa shape index (κ1) is 22.2. The molecule has 0 unspecified atom stereocenters. The van der Waals surface area contributed by atoms with Gasteiger partial charge < -0.3 is 10.2 Å². The Morgan fingerprint density at radius 1 is 1.15 bits per heavy atom. The van der Waals surface area contributed by atoms with E-state index in [1.807, 2.05) is 29.1 Å². The monoisotopic (exact) mass is 477 g/mol. The van der Waals surface area contributed by atoms with Gasteiger partial charge in [-0.15, -0.1) is 11.3 Å². The van der Waals surface area contributed by atoms with E-state index in [1.54, 1.807) is 40.6 Å². The third kappa shape index (κ3) is 4.43. The van der Waals surface area contributed by atoms with Crippen molar-refractivity contribution in [2.75, 3.05) is 13.1 Å². The minimum Gasteiger partial charge on any atom is -0.349 e. The lowest BCUT2D eigenvalue weighted by Gasteiger charge is -2.32. The number of halogens is 1. The summed E-state index contributed by atoms with van der Waals surface area (Å²) in [5, 5.41) is 10.3. The number of pyridine rings is 1. The van der Waals surface area contributed by atoms with E-state index in [0.29, 0.717) is 49.1 Å². The molecule has 0 atom stereocenters. The van der Waals surface area contributed by atoms with Crippen LogP contribution in [0.1, 0.15) is 44.1 Å². The molecule has 2 amide bonds. The van der Waals surface area contributed by atoms with Gasteiger partial charge in [0.25, 0.3) is 11.8 Å². The maximum atomic E-state index is 14.0. The molecule has 1 aromatic carbocycles. The first-order chi connectivity index (χ1) is 16.5. The molecule has 4 aromatic rings. The summed E-state index contributed by atoms with van der Waals surface area (Å²) in [6.45, 7) is 3.39. The van der Waals surface area contributed by atoms with Gasteiger partial charge in [-0.3, -0.25) is 9.59 Å². The predicted octanol–water partition coefficient (Wildman–Crippen LogP) is 4.02. The summed E-state index contributed by atoms with van der Waals surface area (Å²) >= 11 is 1.65. The minimum atomic E-state index is -0.514. The maximum Gasteiger partial charge on any atom is 0.256 e. The second-order valence-corrected chi connectivity index (χ2v) is 9.48. The van der Waals surface area contributed by atoms with Crippen LogP contribution in [0.25, 0.3) is 11.0 Å². The third-order valence-corrected chi connectivity index (χ3v) is 6.95. The van der Waals surface area contributed by atoms with Crippen LogP contribution >= 0.6 is 11.3 Å². The van der Waals surface area contributed by atoms with Crippen molar-refractivity contribution in [3.8, 4) is 0 Å². The SMILES string of the molecule is Cc1cc(C(=O)NC2CCN(C(=O)c3ccccc3F)CC2)c2cnn(Cc3cccs3)c2n1. The molecule has 1 saturated heterocycles. The molecule has 0 aliphatic carbocycles. The number of nitrogens with one attached hydrogen (secondary N) is 1. The number of thiophene rings is 1. The first-order valence-electron chi connectivity index (χ1n) is 11.2. The average Bonchev–Trinajstić information content (AvgIpc) is 3.49. The zero-order valence-corrected chi connectivity index (χ0v) is 19.5. The zero-order chi connectivity index (χ0) is 23.7. The highest BCUT2D eigenvalue weighted by Gasteiger charge is 2.27. The number of hydrogen-bond acceptors (Lipinski definition) is 5. The summed E-state index contributed by atoms with van der Waals surface area (Å²) in [6.07, 6.45) is 2.91. The number of carbonyl (C=O) groups excluding carboxylic acids is 2. The standard InChI is InChI=1S/C25H24FN5O2S/c1-16-13-20(21-14-27-31(23(21)28-16)15-18-5-4-12-34-18)24(32)29-17-8-10-30(11-9-17)25(33)19-6-2-3-7-22(19)26/h2-7,12-14,17H,8-11,15H2,1H3,(H,29,32). The van der Waals surface area contributed by atoms with Gasteiger partial charge in [0.1, 0.15) is 5.82 Å². The molecule has 5 rings (SSSR count). The number of hydrogen-bond donors (Lipinski definition) is 1. The van der Waals surface area contributed by atoms with Gasteiger partial charge in [0.05, 0.1) is 29.3 Å². The maximum absolute atomic E-state index is 14.0. The second kappa shape index (κ2) is 9.34. The quantitative estimate of drug-likeness (QED) is 0.471. The van der Waals surface area contributed by atoms with E-state index in [9.17, 15) is 14.0 Å². The Labute approximate surface area is 200 Å². The zero-order valence-electron chi connectivity index (χ0n) is 18.7. The molecule has 1 N–H and O–H groups in total. The fraction of sp³-hybridized carbons (Fsp3) is 0.280. The first-order valence-corrected chi connectivity index (χ1v) is 12.1. The number of aryl methyl sites for hydroxylation is 1. The molecule has 0 spiro atoms. The highest BCUT2D eigenvalue weighted by molar-refractivity contribution is 7.09. The molecule has 9 heteroatoms. The van der Waals surface area contributed by atoms with Crippen LogP contribution in [0.5, 0.6) is 0 Å². The molecule has 1 aliphatic heterocycles. The van der Waals surface area contributed by atoms with Crippen molar-refractivity contribution in [3.63, 3.8) is 0 Å². The summed E-state index contributed by atoms with van der Waals surface area (Å²) in [5.41, 5.74) is 2.06. The number of carbonyl (C=O) groups is 2. The van der Waals surface area contributed by atoms with Crippen LogP contribution < -0.4 is 5.32 Å². The molecule has 0 saturated carbocycles. The second-order valence-electron chi connectivity index (χ2n) is 8.45. The molecule has 1 aliphatic rings. The van der Waals surface area contributed by atoms with Crippen molar-refractivity contribution in [1.29, 1.82) is 0 Å². The van der Waals surface area contributed by atoms with E-state index in [2.05, 4.69) is 15.4 Å². The van der Waals surface area contributed by atoms with Crippen LogP contribution in [-0.4, -0.2) is 50.6 Å². The van der Waals surface area contributed by atoms with Crippen molar-refractivity contribution in [2.45, 2.75) is 32.4 Å². The van der Waals surface area contributed by atoms with Gasteiger partial charge in [-0.05, 0) is 49.4 Å². The molecule has 0 bridgehead atoms. The van der Waals surface area contributed by atoms with E-state index in [0.717, 1.165) is 10.6 Å². The van der Waals surface area contributed by atoms with E-state index in [1.165, 1.54) is 12.1 Å². The van der Waals surface area contributed by atoms with E-state index < -0.39 is 5.82 Å². The Balaban J connectivity index is 1.27. The Bertz CT molecular complexity index is 1340. The van der Waals surface area contributed by atoms with Crippen molar-refractivity contribution in [1.82, 2.24) is 25.0 Å². The molecule has 0 radical (unpaired) electrons. The number of nitrogens with zero attached hydrogens (tertiary/aromatic N) is 4. The molecular weight excluding hydrogens is 453 g/mol. The van der Waals surface area contributed by atoms with Gasteiger partial charge in [0.15, 0.2) is 5.65 Å². The third-order valence-electron chi connectivity index (χ3n) is 6.09. The molecule has 3 aromatic heterocycles. The number of amides is 2. The van der Waals surface area contributed by atoms with Gasteiger partial charge in [-0.1, -0.05) is 18.2 Å². The van der Waals surface area contributed by atoms with Gasteiger partial charge in [-0.2, -0.15) is 5.10 Å². The fourth-order valence-corrected chi connectivity index (χ4v) is 5.01. The minimum absolute atomic E-state index is 0.0677. The number of likely N-dealkylation sites (tertiary alicyclic amines) is 1. The smallest absolute Gasteiger partial charge is 0.256 e. The number of aromatic nitrogens is 3. The summed E-state index contributed by atoms with van der Waals surface area (Å²) in [4.78, 5) is 33.3. The average molecular weight is 478 g/mol. The lowest BCUT2D eigenvalue weighted by molar-refractivity contribution is 0.0694. The number of fused-ring (bicyclic) bond motifs is 1. The Morgan fingerprint density at radius 2 is 1.94 bits per heavy atom.